The van der Waals surface area contributed by atoms with Crippen molar-refractivity contribution in [1.82, 2.24) is 15.0 Å². The molecule has 0 radical (unpaired) electrons. The van der Waals surface area contributed by atoms with Gasteiger partial charge in [-0.1, -0.05) is 0 Å². The van der Waals surface area contributed by atoms with Gasteiger partial charge >= 0.3 is 6.01 Å². The first-order valence-corrected chi connectivity index (χ1v) is 7.84. The Morgan fingerprint density at radius 3 is 2.67 bits per heavy atom. The van der Waals surface area contributed by atoms with Gasteiger partial charge < -0.3 is 19.7 Å². The fraction of sp³-hybridized carbons (Fsp3) is 0.786. The molecule has 0 spiro atoms. The van der Waals surface area contributed by atoms with E-state index in [2.05, 4.69) is 25.2 Å². The van der Waals surface area contributed by atoms with Gasteiger partial charge in [0.2, 0.25) is 11.9 Å². The standard InChI is InChI=1S/C14H23N5O2/c1-2-15-12-16-13(19-7-3-4-8-19)18-14(17-12)21-11-5-9-20-10-6-11/h11H,2-10H2,1H3,(H,15,16,17,18). The topological polar surface area (TPSA) is 72.4 Å². The summed E-state index contributed by atoms with van der Waals surface area (Å²) >= 11 is 0. The van der Waals surface area contributed by atoms with E-state index in [0.717, 1.165) is 51.6 Å². The molecule has 0 bridgehead atoms. The molecular weight excluding hydrogens is 270 g/mol. The largest absolute Gasteiger partial charge is 0.460 e. The number of ether oxygens (including phenoxy) is 2. The van der Waals surface area contributed by atoms with Crippen LogP contribution in [0.5, 0.6) is 6.01 Å². The first-order chi connectivity index (χ1) is 10.3. The molecular formula is C14H23N5O2. The summed E-state index contributed by atoms with van der Waals surface area (Å²) in [5.74, 6) is 1.32. The van der Waals surface area contributed by atoms with Crippen LogP contribution >= 0.6 is 0 Å². The molecule has 0 saturated carbocycles. The van der Waals surface area contributed by atoms with Crippen molar-refractivity contribution >= 4 is 11.9 Å². The molecule has 3 heterocycles. The molecule has 1 aromatic heterocycles. The second kappa shape index (κ2) is 6.89. The number of aromatic nitrogens is 3. The van der Waals surface area contributed by atoms with E-state index in [1.54, 1.807) is 0 Å². The van der Waals surface area contributed by atoms with Crippen LogP contribution in [-0.4, -0.2) is 53.9 Å². The van der Waals surface area contributed by atoms with Crippen LogP contribution in [0.2, 0.25) is 0 Å². The van der Waals surface area contributed by atoms with Crippen LogP contribution in [0.15, 0.2) is 0 Å². The number of anilines is 2. The summed E-state index contributed by atoms with van der Waals surface area (Å²) in [6, 6.07) is 0.426. The maximum absolute atomic E-state index is 5.93. The molecule has 2 aliphatic heterocycles. The van der Waals surface area contributed by atoms with E-state index in [1.165, 1.54) is 12.8 Å². The van der Waals surface area contributed by atoms with Crippen molar-refractivity contribution in [3.8, 4) is 6.01 Å². The Morgan fingerprint density at radius 2 is 1.95 bits per heavy atom. The smallest absolute Gasteiger partial charge is 0.323 e. The summed E-state index contributed by atoms with van der Waals surface area (Å²) in [6.45, 7) is 6.31. The van der Waals surface area contributed by atoms with Crippen molar-refractivity contribution < 1.29 is 9.47 Å². The lowest BCUT2D eigenvalue weighted by atomic mass is 10.2. The Kier molecular flexibility index (Phi) is 4.69. The highest BCUT2D eigenvalue weighted by atomic mass is 16.5. The van der Waals surface area contributed by atoms with Gasteiger partial charge in [0, 0.05) is 32.5 Å². The molecule has 2 saturated heterocycles. The zero-order valence-corrected chi connectivity index (χ0v) is 12.5. The lowest BCUT2D eigenvalue weighted by Gasteiger charge is -2.23. The Balaban J connectivity index is 1.76. The Labute approximate surface area is 125 Å². The third kappa shape index (κ3) is 3.72. The van der Waals surface area contributed by atoms with Gasteiger partial charge in [-0.15, -0.1) is 0 Å². The molecule has 0 unspecified atom stereocenters. The van der Waals surface area contributed by atoms with Gasteiger partial charge in [0.15, 0.2) is 0 Å². The number of hydrogen-bond acceptors (Lipinski definition) is 7. The van der Waals surface area contributed by atoms with Gasteiger partial charge in [-0.25, -0.2) is 0 Å². The third-order valence-electron chi connectivity index (χ3n) is 3.77. The van der Waals surface area contributed by atoms with E-state index in [0.29, 0.717) is 12.0 Å². The minimum atomic E-state index is 0.141. The summed E-state index contributed by atoms with van der Waals surface area (Å²) < 4.78 is 11.3. The van der Waals surface area contributed by atoms with E-state index in [-0.39, 0.29) is 6.10 Å². The predicted molar refractivity (Wildman–Crippen MR) is 79.9 cm³/mol. The van der Waals surface area contributed by atoms with Gasteiger partial charge in [-0.3, -0.25) is 0 Å². The maximum Gasteiger partial charge on any atom is 0.323 e. The fourth-order valence-corrected chi connectivity index (χ4v) is 2.64. The van der Waals surface area contributed by atoms with Crippen molar-refractivity contribution in [2.45, 2.75) is 38.7 Å². The predicted octanol–water partition coefficient (Wildman–Crippen LogP) is 1.46. The lowest BCUT2D eigenvalue weighted by molar-refractivity contribution is 0.0217. The highest BCUT2D eigenvalue weighted by molar-refractivity contribution is 5.39. The van der Waals surface area contributed by atoms with Gasteiger partial charge in [0.1, 0.15) is 6.10 Å². The summed E-state index contributed by atoms with van der Waals surface area (Å²) in [5, 5.41) is 3.16. The van der Waals surface area contributed by atoms with Crippen LogP contribution in [0, 0.1) is 0 Å². The van der Waals surface area contributed by atoms with Crippen molar-refractivity contribution in [2.75, 3.05) is 43.1 Å². The van der Waals surface area contributed by atoms with Crippen molar-refractivity contribution in [3.05, 3.63) is 0 Å². The van der Waals surface area contributed by atoms with E-state index < -0.39 is 0 Å². The lowest BCUT2D eigenvalue weighted by Crippen LogP contribution is -2.28. The van der Waals surface area contributed by atoms with E-state index >= 15 is 0 Å². The number of hydrogen-bond donors (Lipinski definition) is 1. The molecule has 3 rings (SSSR count). The van der Waals surface area contributed by atoms with Gasteiger partial charge in [0.05, 0.1) is 13.2 Å². The highest BCUT2D eigenvalue weighted by Crippen LogP contribution is 2.21. The van der Waals surface area contributed by atoms with Crippen LogP contribution in [0.1, 0.15) is 32.6 Å². The highest BCUT2D eigenvalue weighted by Gasteiger charge is 2.21. The molecule has 7 nitrogen and oxygen atoms in total. The Bertz CT molecular complexity index is 459. The SMILES string of the molecule is CCNc1nc(OC2CCOCC2)nc(N2CCCC2)n1. The molecule has 0 atom stereocenters. The molecule has 0 aromatic carbocycles. The summed E-state index contributed by atoms with van der Waals surface area (Å²) in [6.07, 6.45) is 4.31. The molecule has 116 valence electrons. The van der Waals surface area contributed by atoms with E-state index in [1.807, 2.05) is 6.92 Å². The Morgan fingerprint density at radius 1 is 1.19 bits per heavy atom. The zero-order valence-electron chi connectivity index (χ0n) is 12.5. The normalized spacial score (nSPS) is 19.8. The minimum Gasteiger partial charge on any atom is -0.460 e. The molecule has 2 aliphatic rings. The van der Waals surface area contributed by atoms with E-state index in [9.17, 15) is 0 Å². The van der Waals surface area contributed by atoms with Crippen LogP contribution in [0.25, 0.3) is 0 Å². The zero-order chi connectivity index (χ0) is 14.5. The second-order valence-corrected chi connectivity index (χ2v) is 5.40. The molecule has 0 aliphatic carbocycles. The molecule has 1 aromatic rings. The van der Waals surface area contributed by atoms with Gasteiger partial charge in [-0.2, -0.15) is 15.0 Å². The molecule has 1 N–H and O–H groups in total. The van der Waals surface area contributed by atoms with Crippen LogP contribution in [-0.2, 0) is 4.74 Å². The first-order valence-electron chi connectivity index (χ1n) is 7.84. The van der Waals surface area contributed by atoms with E-state index in [4.69, 9.17) is 9.47 Å². The quantitative estimate of drug-likeness (QED) is 0.881. The minimum absolute atomic E-state index is 0.141. The second-order valence-electron chi connectivity index (χ2n) is 5.40. The first kappa shape index (κ1) is 14.3. The fourth-order valence-electron chi connectivity index (χ4n) is 2.64. The van der Waals surface area contributed by atoms with Crippen molar-refractivity contribution in [1.29, 1.82) is 0 Å². The molecule has 7 heteroatoms. The number of rotatable bonds is 5. The van der Waals surface area contributed by atoms with Crippen LogP contribution in [0.4, 0.5) is 11.9 Å². The van der Waals surface area contributed by atoms with Gasteiger partial charge in [-0.05, 0) is 19.8 Å². The van der Waals surface area contributed by atoms with Crippen molar-refractivity contribution in [3.63, 3.8) is 0 Å². The monoisotopic (exact) mass is 293 g/mol. The average molecular weight is 293 g/mol. The average Bonchev–Trinajstić information content (AvgIpc) is 3.03. The van der Waals surface area contributed by atoms with Crippen LogP contribution in [0.3, 0.4) is 0 Å². The third-order valence-corrected chi connectivity index (χ3v) is 3.77. The molecule has 0 amide bonds. The molecule has 21 heavy (non-hydrogen) atoms. The van der Waals surface area contributed by atoms with Crippen molar-refractivity contribution in [2.24, 2.45) is 0 Å². The molecule has 2 fully saturated rings. The Hall–Kier alpha value is -1.63. The van der Waals surface area contributed by atoms with Gasteiger partial charge in [0.25, 0.3) is 0 Å². The summed E-state index contributed by atoms with van der Waals surface area (Å²) in [4.78, 5) is 15.5. The maximum atomic E-state index is 5.93. The number of nitrogens with one attached hydrogen (secondary N) is 1. The summed E-state index contributed by atoms with van der Waals surface area (Å²) in [7, 11) is 0. The summed E-state index contributed by atoms with van der Waals surface area (Å²) in [5.41, 5.74) is 0. The number of nitrogens with zero attached hydrogens (tertiary/aromatic N) is 4. The van der Waals surface area contributed by atoms with Crippen LogP contribution < -0.4 is 15.0 Å².